The molecule has 19 heavy (non-hydrogen) atoms. The minimum absolute atomic E-state index is 0.611. The van der Waals surface area contributed by atoms with E-state index in [4.69, 9.17) is 0 Å². The van der Waals surface area contributed by atoms with Gasteiger partial charge in [-0.1, -0.05) is 24.3 Å². The molecule has 4 heteroatoms. The Morgan fingerprint density at radius 3 is 2.21 bits per heavy atom. The second-order valence-corrected chi connectivity index (χ2v) is 4.32. The highest BCUT2D eigenvalue weighted by Crippen LogP contribution is 2.29. The summed E-state index contributed by atoms with van der Waals surface area (Å²) in [5.74, 6) is 0. The van der Waals surface area contributed by atoms with E-state index in [9.17, 15) is 13.2 Å². The van der Waals surface area contributed by atoms with E-state index in [0.29, 0.717) is 6.42 Å². The SMILES string of the molecule is CNc1cccc(Cc2ccc(C(F)(F)F)cc2)c1. The molecule has 2 aromatic carbocycles. The largest absolute Gasteiger partial charge is 0.416 e. The average Bonchev–Trinajstić information content (AvgIpc) is 2.38. The van der Waals surface area contributed by atoms with Crippen LogP contribution in [0.1, 0.15) is 16.7 Å². The molecule has 0 aliphatic carbocycles. The first-order valence-corrected chi connectivity index (χ1v) is 5.92. The van der Waals surface area contributed by atoms with Crippen molar-refractivity contribution in [3.63, 3.8) is 0 Å². The Kier molecular flexibility index (Phi) is 3.79. The topological polar surface area (TPSA) is 12.0 Å². The molecule has 0 aliphatic rings. The van der Waals surface area contributed by atoms with Gasteiger partial charge in [0.05, 0.1) is 5.56 Å². The van der Waals surface area contributed by atoms with Gasteiger partial charge in [-0.25, -0.2) is 0 Å². The van der Waals surface area contributed by atoms with Gasteiger partial charge in [-0.3, -0.25) is 0 Å². The molecule has 0 radical (unpaired) electrons. The standard InChI is InChI=1S/C15H14F3N/c1-19-14-4-2-3-12(10-14)9-11-5-7-13(8-6-11)15(16,17)18/h2-8,10,19H,9H2,1H3. The van der Waals surface area contributed by atoms with E-state index in [1.165, 1.54) is 12.1 Å². The molecule has 0 aliphatic heterocycles. The van der Waals surface area contributed by atoms with E-state index in [1.54, 1.807) is 0 Å². The van der Waals surface area contributed by atoms with Crippen LogP contribution in [0, 0.1) is 0 Å². The maximum absolute atomic E-state index is 12.4. The van der Waals surface area contributed by atoms with E-state index in [-0.39, 0.29) is 0 Å². The Bertz CT molecular complexity index is 544. The molecule has 0 fully saturated rings. The lowest BCUT2D eigenvalue weighted by Gasteiger charge is -2.08. The first kappa shape index (κ1) is 13.5. The van der Waals surface area contributed by atoms with Gasteiger partial charge in [-0.15, -0.1) is 0 Å². The van der Waals surface area contributed by atoms with Gasteiger partial charge in [0.2, 0.25) is 0 Å². The van der Waals surface area contributed by atoms with Crippen LogP contribution in [-0.4, -0.2) is 7.05 Å². The molecule has 0 amide bonds. The van der Waals surface area contributed by atoms with Crippen molar-refractivity contribution < 1.29 is 13.2 Å². The monoisotopic (exact) mass is 265 g/mol. The number of nitrogens with one attached hydrogen (secondary N) is 1. The minimum atomic E-state index is -4.27. The molecule has 2 aromatic rings. The Hall–Kier alpha value is -1.97. The fourth-order valence-corrected chi connectivity index (χ4v) is 1.88. The summed E-state index contributed by atoms with van der Waals surface area (Å²) >= 11 is 0. The van der Waals surface area contributed by atoms with Gasteiger partial charge in [0.1, 0.15) is 0 Å². The molecule has 2 rings (SSSR count). The summed E-state index contributed by atoms with van der Waals surface area (Å²) in [5.41, 5.74) is 2.30. The molecule has 0 atom stereocenters. The van der Waals surface area contributed by atoms with Crippen LogP contribution in [0.25, 0.3) is 0 Å². The van der Waals surface area contributed by atoms with Gasteiger partial charge in [0, 0.05) is 12.7 Å². The van der Waals surface area contributed by atoms with Crippen molar-refractivity contribution >= 4 is 5.69 Å². The third-order valence-electron chi connectivity index (χ3n) is 2.91. The van der Waals surface area contributed by atoms with Gasteiger partial charge in [0.25, 0.3) is 0 Å². The fourth-order valence-electron chi connectivity index (χ4n) is 1.88. The maximum Gasteiger partial charge on any atom is 0.416 e. The van der Waals surface area contributed by atoms with E-state index in [2.05, 4.69) is 5.32 Å². The van der Waals surface area contributed by atoms with E-state index in [0.717, 1.165) is 28.9 Å². The summed E-state index contributed by atoms with van der Waals surface area (Å²) < 4.78 is 37.3. The Balaban J connectivity index is 2.15. The molecule has 0 heterocycles. The van der Waals surface area contributed by atoms with Crippen LogP contribution in [0.15, 0.2) is 48.5 Å². The van der Waals surface area contributed by atoms with Crippen molar-refractivity contribution in [2.24, 2.45) is 0 Å². The number of alkyl halides is 3. The zero-order chi connectivity index (χ0) is 13.9. The van der Waals surface area contributed by atoms with Gasteiger partial charge < -0.3 is 5.32 Å². The van der Waals surface area contributed by atoms with Crippen molar-refractivity contribution in [3.8, 4) is 0 Å². The zero-order valence-electron chi connectivity index (χ0n) is 10.5. The van der Waals surface area contributed by atoms with Gasteiger partial charge in [-0.05, 0) is 41.8 Å². The smallest absolute Gasteiger partial charge is 0.388 e. The molecular formula is C15H14F3N. The molecule has 0 spiro atoms. The first-order valence-electron chi connectivity index (χ1n) is 5.92. The summed E-state index contributed by atoms with van der Waals surface area (Å²) in [4.78, 5) is 0. The first-order chi connectivity index (χ1) is 8.99. The molecule has 1 nitrogen and oxygen atoms in total. The van der Waals surface area contributed by atoms with E-state index < -0.39 is 11.7 Å². The zero-order valence-corrected chi connectivity index (χ0v) is 10.5. The van der Waals surface area contributed by atoms with Crippen molar-refractivity contribution in [1.29, 1.82) is 0 Å². The van der Waals surface area contributed by atoms with Crippen molar-refractivity contribution in [3.05, 3.63) is 65.2 Å². The number of hydrogen-bond donors (Lipinski definition) is 1. The molecule has 100 valence electrons. The quantitative estimate of drug-likeness (QED) is 0.870. The lowest BCUT2D eigenvalue weighted by Crippen LogP contribution is -2.04. The summed E-state index contributed by atoms with van der Waals surface area (Å²) in [7, 11) is 1.83. The van der Waals surface area contributed by atoms with Crippen LogP contribution in [0.5, 0.6) is 0 Å². The van der Waals surface area contributed by atoms with Crippen LogP contribution in [0.3, 0.4) is 0 Å². The average molecular weight is 265 g/mol. The molecule has 0 saturated carbocycles. The normalized spacial score (nSPS) is 11.4. The van der Waals surface area contributed by atoms with Gasteiger partial charge in [-0.2, -0.15) is 13.2 Å². The Morgan fingerprint density at radius 2 is 1.63 bits per heavy atom. The second-order valence-electron chi connectivity index (χ2n) is 4.32. The fraction of sp³-hybridized carbons (Fsp3) is 0.200. The summed E-state index contributed by atoms with van der Waals surface area (Å²) in [6, 6.07) is 13.1. The number of anilines is 1. The number of hydrogen-bond acceptors (Lipinski definition) is 1. The predicted octanol–water partition coefficient (Wildman–Crippen LogP) is 4.34. The number of halogens is 3. The Labute approximate surface area is 110 Å². The molecule has 0 bridgehead atoms. The Morgan fingerprint density at radius 1 is 0.947 bits per heavy atom. The van der Waals surface area contributed by atoms with Crippen LogP contribution in [0.2, 0.25) is 0 Å². The highest BCUT2D eigenvalue weighted by molar-refractivity contribution is 5.46. The molecule has 0 unspecified atom stereocenters. The maximum atomic E-state index is 12.4. The highest BCUT2D eigenvalue weighted by atomic mass is 19.4. The van der Waals surface area contributed by atoms with Crippen LogP contribution < -0.4 is 5.32 Å². The second kappa shape index (κ2) is 5.34. The predicted molar refractivity (Wildman–Crippen MR) is 70.2 cm³/mol. The van der Waals surface area contributed by atoms with Crippen LogP contribution in [0.4, 0.5) is 18.9 Å². The minimum Gasteiger partial charge on any atom is -0.388 e. The third-order valence-corrected chi connectivity index (χ3v) is 2.91. The van der Waals surface area contributed by atoms with Crippen molar-refractivity contribution in [2.75, 3.05) is 12.4 Å². The van der Waals surface area contributed by atoms with Crippen molar-refractivity contribution in [1.82, 2.24) is 0 Å². The van der Waals surface area contributed by atoms with E-state index >= 15 is 0 Å². The molecule has 0 saturated heterocycles. The summed E-state index contributed by atoms with van der Waals surface area (Å²) in [6.07, 6.45) is -3.65. The molecular weight excluding hydrogens is 251 g/mol. The van der Waals surface area contributed by atoms with Gasteiger partial charge >= 0.3 is 6.18 Å². The van der Waals surface area contributed by atoms with Crippen molar-refractivity contribution in [2.45, 2.75) is 12.6 Å². The highest BCUT2D eigenvalue weighted by Gasteiger charge is 2.29. The van der Waals surface area contributed by atoms with Crippen LogP contribution >= 0.6 is 0 Å². The van der Waals surface area contributed by atoms with E-state index in [1.807, 2.05) is 31.3 Å². The van der Waals surface area contributed by atoms with Gasteiger partial charge in [0.15, 0.2) is 0 Å². The lowest BCUT2D eigenvalue weighted by molar-refractivity contribution is -0.137. The summed E-state index contributed by atoms with van der Waals surface area (Å²) in [6.45, 7) is 0. The molecule has 1 N–H and O–H groups in total. The summed E-state index contributed by atoms with van der Waals surface area (Å²) in [5, 5.41) is 3.03. The number of rotatable bonds is 3. The third kappa shape index (κ3) is 3.50. The van der Waals surface area contributed by atoms with Crippen LogP contribution in [-0.2, 0) is 12.6 Å². The molecule has 0 aromatic heterocycles. The lowest BCUT2D eigenvalue weighted by atomic mass is 10.0. The number of benzene rings is 2.